The second-order valence-corrected chi connectivity index (χ2v) is 6.37. The molecule has 2 N–H and O–H groups in total. The van der Waals surface area contributed by atoms with Crippen molar-refractivity contribution < 1.29 is 14.3 Å². The summed E-state index contributed by atoms with van der Waals surface area (Å²) in [4.78, 5) is 34.0. The third-order valence-electron chi connectivity index (χ3n) is 4.27. The minimum atomic E-state index is -0.622. The SMILES string of the molecule is C=CC=Cc1cnc([C@@H]2CCCN2C(=O)[C@@H](NC(=O)OC)C(C)C)[nH]1. The van der Waals surface area contributed by atoms with Gasteiger partial charge in [-0.25, -0.2) is 9.78 Å². The van der Waals surface area contributed by atoms with Crippen molar-refractivity contribution >= 4 is 18.1 Å². The molecule has 1 saturated heterocycles. The number of nitrogens with zero attached hydrogens (tertiary/aromatic N) is 2. The summed E-state index contributed by atoms with van der Waals surface area (Å²) in [5.41, 5.74) is 0.863. The van der Waals surface area contributed by atoms with E-state index in [0.29, 0.717) is 6.54 Å². The highest BCUT2D eigenvalue weighted by Gasteiger charge is 2.37. The van der Waals surface area contributed by atoms with E-state index >= 15 is 0 Å². The van der Waals surface area contributed by atoms with Gasteiger partial charge in [0.05, 0.1) is 25.0 Å². The number of allylic oxidation sites excluding steroid dienone is 2. The summed E-state index contributed by atoms with van der Waals surface area (Å²) in [5, 5.41) is 2.64. The molecule has 2 heterocycles. The first-order chi connectivity index (χ1) is 12.0. The second-order valence-electron chi connectivity index (χ2n) is 6.37. The van der Waals surface area contributed by atoms with Gasteiger partial charge in [-0.3, -0.25) is 4.79 Å². The minimum absolute atomic E-state index is 0.0458. The number of H-pyrrole nitrogens is 1. The minimum Gasteiger partial charge on any atom is -0.453 e. The van der Waals surface area contributed by atoms with Gasteiger partial charge in [-0.15, -0.1) is 0 Å². The number of aromatic amines is 1. The molecule has 0 unspecified atom stereocenters. The zero-order valence-electron chi connectivity index (χ0n) is 15.0. The summed E-state index contributed by atoms with van der Waals surface area (Å²) in [7, 11) is 1.29. The van der Waals surface area contributed by atoms with Crippen LogP contribution in [0.5, 0.6) is 0 Å². The Hall–Kier alpha value is -2.57. The number of alkyl carbamates (subject to hydrolysis) is 1. The number of hydrogen-bond donors (Lipinski definition) is 2. The molecule has 0 saturated carbocycles. The summed E-state index contributed by atoms with van der Waals surface area (Å²) in [5.74, 6) is 0.605. The third-order valence-corrected chi connectivity index (χ3v) is 4.27. The Kier molecular flexibility index (Phi) is 6.38. The number of methoxy groups -OCH3 is 1. The monoisotopic (exact) mass is 346 g/mol. The van der Waals surface area contributed by atoms with E-state index in [2.05, 4.69) is 26.6 Å². The molecule has 0 spiro atoms. The molecule has 0 aliphatic carbocycles. The smallest absolute Gasteiger partial charge is 0.407 e. The molecule has 7 heteroatoms. The molecule has 25 heavy (non-hydrogen) atoms. The molecule has 0 radical (unpaired) electrons. The van der Waals surface area contributed by atoms with Crippen LogP contribution in [0.3, 0.4) is 0 Å². The van der Waals surface area contributed by atoms with Gasteiger partial charge in [0, 0.05) is 6.54 Å². The van der Waals surface area contributed by atoms with Crippen LogP contribution in [0.2, 0.25) is 0 Å². The maximum Gasteiger partial charge on any atom is 0.407 e. The Balaban J connectivity index is 2.17. The molecule has 2 amide bonds. The fourth-order valence-corrected chi connectivity index (χ4v) is 2.97. The number of carbonyl (C=O) groups is 2. The van der Waals surface area contributed by atoms with E-state index < -0.39 is 12.1 Å². The van der Waals surface area contributed by atoms with Crippen LogP contribution in [0, 0.1) is 5.92 Å². The maximum absolute atomic E-state index is 13.0. The Morgan fingerprint density at radius 2 is 2.28 bits per heavy atom. The largest absolute Gasteiger partial charge is 0.453 e. The van der Waals surface area contributed by atoms with Crippen molar-refractivity contribution in [3.8, 4) is 0 Å². The van der Waals surface area contributed by atoms with Crippen molar-refractivity contribution in [2.75, 3.05) is 13.7 Å². The molecule has 1 fully saturated rings. The number of carbonyl (C=O) groups excluding carboxylic acids is 2. The summed E-state index contributed by atoms with van der Waals surface area (Å²) in [6.45, 7) is 8.08. The first-order valence-electron chi connectivity index (χ1n) is 8.47. The predicted octanol–water partition coefficient (Wildman–Crippen LogP) is 2.65. The Bertz CT molecular complexity index is 651. The van der Waals surface area contributed by atoms with Crippen molar-refractivity contribution in [1.82, 2.24) is 20.2 Å². The topological polar surface area (TPSA) is 87.3 Å². The fraction of sp³-hybridized carbons (Fsp3) is 0.500. The number of aromatic nitrogens is 2. The number of nitrogens with one attached hydrogen (secondary N) is 2. The van der Waals surface area contributed by atoms with E-state index in [-0.39, 0.29) is 17.9 Å². The van der Waals surface area contributed by atoms with Gasteiger partial charge in [0.2, 0.25) is 5.91 Å². The lowest BCUT2D eigenvalue weighted by Crippen LogP contribution is -2.51. The third kappa shape index (κ3) is 4.49. The van der Waals surface area contributed by atoms with Crippen LogP contribution >= 0.6 is 0 Å². The van der Waals surface area contributed by atoms with E-state index in [1.54, 1.807) is 17.2 Å². The number of rotatable bonds is 6. The predicted molar refractivity (Wildman–Crippen MR) is 95.7 cm³/mol. The lowest BCUT2D eigenvalue weighted by Gasteiger charge is -2.29. The average molecular weight is 346 g/mol. The summed E-state index contributed by atoms with van der Waals surface area (Å²) >= 11 is 0. The second kappa shape index (κ2) is 8.50. The molecular formula is C18H26N4O3. The molecule has 0 bridgehead atoms. The number of hydrogen-bond acceptors (Lipinski definition) is 4. The van der Waals surface area contributed by atoms with Crippen molar-refractivity contribution in [2.45, 2.75) is 38.8 Å². The molecule has 1 aliphatic rings. The first kappa shape index (κ1) is 18.8. The lowest BCUT2D eigenvalue weighted by atomic mass is 10.0. The van der Waals surface area contributed by atoms with Crippen LogP contribution in [-0.4, -0.2) is 46.6 Å². The van der Waals surface area contributed by atoms with E-state index in [1.807, 2.05) is 26.0 Å². The molecule has 0 aromatic carbocycles. The molecule has 7 nitrogen and oxygen atoms in total. The molecule has 1 aliphatic heterocycles. The Morgan fingerprint density at radius 3 is 2.92 bits per heavy atom. The average Bonchev–Trinajstić information content (AvgIpc) is 3.25. The molecule has 2 rings (SSSR count). The number of amides is 2. The fourth-order valence-electron chi connectivity index (χ4n) is 2.97. The van der Waals surface area contributed by atoms with E-state index in [1.165, 1.54) is 7.11 Å². The van der Waals surface area contributed by atoms with Gasteiger partial charge >= 0.3 is 6.09 Å². The normalized spacial score (nSPS) is 18.6. The Morgan fingerprint density at radius 1 is 1.52 bits per heavy atom. The van der Waals surface area contributed by atoms with Gasteiger partial charge in [0.15, 0.2) is 0 Å². The number of likely N-dealkylation sites (tertiary alicyclic amines) is 1. The molecule has 136 valence electrons. The van der Waals surface area contributed by atoms with Crippen LogP contribution in [-0.2, 0) is 9.53 Å². The van der Waals surface area contributed by atoms with Gasteiger partial charge in [0.1, 0.15) is 11.9 Å². The van der Waals surface area contributed by atoms with Crippen molar-refractivity contribution in [3.63, 3.8) is 0 Å². The van der Waals surface area contributed by atoms with Crippen LogP contribution in [0.15, 0.2) is 24.9 Å². The zero-order chi connectivity index (χ0) is 18.4. The van der Waals surface area contributed by atoms with Crippen LogP contribution in [0.25, 0.3) is 6.08 Å². The first-order valence-corrected chi connectivity index (χ1v) is 8.47. The van der Waals surface area contributed by atoms with Crippen molar-refractivity contribution in [1.29, 1.82) is 0 Å². The molecule has 2 atom stereocenters. The van der Waals surface area contributed by atoms with Crippen LogP contribution in [0.1, 0.15) is 44.2 Å². The Labute approximate surface area is 148 Å². The van der Waals surface area contributed by atoms with Crippen molar-refractivity contribution in [3.05, 3.63) is 36.4 Å². The quantitative estimate of drug-likeness (QED) is 0.775. The summed E-state index contributed by atoms with van der Waals surface area (Å²) < 4.78 is 4.64. The van der Waals surface area contributed by atoms with Crippen LogP contribution in [0.4, 0.5) is 4.79 Å². The van der Waals surface area contributed by atoms with Gasteiger partial charge in [-0.1, -0.05) is 32.6 Å². The van der Waals surface area contributed by atoms with Crippen LogP contribution < -0.4 is 5.32 Å². The maximum atomic E-state index is 13.0. The molecule has 1 aromatic heterocycles. The van der Waals surface area contributed by atoms with E-state index in [0.717, 1.165) is 24.4 Å². The highest BCUT2D eigenvalue weighted by Crippen LogP contribution is 2.31. The van der Waals surface area contributed by atoms with Gasteiger partial charge in [0.25, 0.3) is 0 Å². The van der Waals surface area contributed by atoms with Crippen molar-refractivity contribution in [2.24, 2.45) is 5.92 Å². The summed E-state index contributed by atoms with van der Waals surface area (Å²) in [6.07, 6.45) is 8.27. The molecule has 1 aromatic rings. The van der Waals surface area contributed by atoms with Gasteiger partial charge < -0.3 is 19.9 Å². The van der Waals surface area contributed by atoms with Gasteiger partial charge in [-0.05, 0) is 24.8 Å². The van der Waals surface area contributed by atoms with Gasteiger partial charge in [-0.2, -0.15) is 0 Å². The molecular weight excluding hydrogens is 320 g/mol. The number of ether oxygens (including phenoxy) is 1. The lowest BCUT2D eigenvalue weighted by molar-refractivity contribution is -0.135. The zero-order valence-corrected chi connectivity index (χ0v) is 15.0. The standard InChI is InChI=1S/C18H26N4O3/c1-5-6-8-13-11-19-16(20-13)14-9-7-10-22(14)17(23)15(12(2)3)21-18(24)25-4/h5-6,8,11-12,14-15H,1,7,9-10H2,2-4H3,(H,19,20)(H,21,24)/t14-,15-/m0/s1. The highest BCUT2D eigenvalue weighted by molar-refractivity contribution is 5.86. The highest BCUT2D eigenvalue weighted by atomic mass is 16.5. The van der Waals surface area contributed by atoms with E-state index in [9.17, 15) is 9.59 Å². The summed E-state index contributed by atoms with van der Waals surface area (Å²) in [6, 6.07) is -0.734. The number of imidazole rings is 1. The van der Waals surface area contributed by atoms with E-state index in [4.69, 9.17) is 0 Å².